The lowest BCUT2D eigenvalue weighted by molar-refractivity contribution is -0.104. The van der Waals surface area contributed by atoms with E-state index >= 15 is 0 Å². The minimum atomic E-state index is -0.110. The quantitative estimate of drug-likeness (QED) is 0.206. The number of nitrogens with zero attached hydrogens (tertiary/aromatic N) is 5. The molecule has 2 aromatic carbocycles. The van der Waals surface area contributed by atoms with Crippen molar-refractivity contribution in [2.45, 2.75) is 19.3 Å². The number of amides is 1. The summed E-state index contributed by atoms with van der Waals surface area (Å²) >= 11 is 1.55. The Kier molecular flexibility index (Phi) is 6.01. The lowest BCUT2D eigenvalue weighted by atomic mass is 10.0. The van der Waals surface area contributed by atoms with Crippen LogP contribution < -0.4 is 15.5 Å². The van der Waals surface area contributed by atoms with Crippen molar-refractivity contribution < 1.29 is 9.59 Å². The summed E-state index contributed by atoms with van der Waals surface area (Å²) in [7, 11) is 0. The molecule has 2 aromatic heterocycles. The van der Waals surface area contributed by atoms with Gasteiger partial charge in [-0.3, -0.25) is 9.59 Å². The van der Waals surface area contributed by atoms with E-state index in [1.54, 1.807) is 28.5 Å². The molecule has 1 saturated heterocycles. The van der Waals surface area contributed by atoms with Crippen molar-refractivity contribution in [1.29, 1.82) is 0 Å². The number of carbonyl (C=O) groups excluding carboxylic acids is 2. The zero-order valence-corrected chi connectivity index (χ0v) is 20.9. The molecule has 37 heavy (non-hydrogen) atoms. The summed E-state index contributed by atoms with van der Waals surface area (Å²) in [4.78, 5) is 36.1. The fraction of sp³-hybridized carbons (Fsp3) is 0.222. The van der Waals surface area contributed by atoms with Gasteiger partial charge in [0, 0.05) is 36.2 Å². The molecular weight excluding hydrogens is 486 g/mol. The summed E-state index contributed by atoms with van der Waals surface area (Å²) in [5.74, 6) is -0.110. The van der Waals surface area contributed by atoms with Crippen LogP contribution in [0.3, 0.4) is 0 Å². The average molecular weight is 512 g/mol. The number of nitrogens with one attached hydrogen (secondary N) is 1. The number of benzene rings is 2. The van der Waals surface area contributed by atoms with Gasteiger partial charge in [-0.25, -0.2) is 4.98 Å². The Bertz CT molecular complexity index is 1560. The highest BCUT2D eigenvalue weighted by atomic mass is 32.1. The molecule has 10 heteroatoms. The zero-order valence-electron chi connectivity index (χ0n) is 20.1. The Balaban J connectivity index is 1.21. The molecule has 1 fully saturated rings. The van der Waals surface area contributed by atoms with Crippen LogP contribution in [0.25, 0.3) is 17.0 Å². The van der Waals surface area contributed by atoms with Crippen molar-refractivity contribution >= 4 is 62.0 Å². The number of aldehydes is 1. The Labute approximate surface area is 217 Å². The topological polar surface area (TPSA) is 120 Å². The van der Waals surface area contributed by atoms with Crippen LogP contribution in [0.5, 0.6) is 0 Å². The number of nitrogens with two attached hydrogens (primary N) is 1. The van der Waals surface area contributed by atoms with Gasteiger partial charge in [0.1, 0.15) is 5.69 Å². The molecule has 4 heterocycles. The van der Waals surface area contributed by atoms with E-state index in [0.29, 0.717) is 30.6 Å². The smallest absolute Gasteiger partial charge is 0.274 e. The van der Waals surface area contributed by atoms with Gasteiger partial charge in [-0.05, 0) is 66.8 Å². The van der Waals surface area contributed by atoms with Gasteiger partial charge in [0.15, 0.2) is 16.4 Å². The van der Waals surface area contributed by atoms with E-state index in [2.05, 4.69) is 25.1 Å². The van der Waals surface area contributed by atoms with Gasteiger partial charge in [0.2, 0.25) is 0 Å². The van der Waals surface area contributed by atoms with Gasteiger partial charge in [-0.1, -0.05) is 23.5 Å². The summed E-state index contributed by atoms with van der Waals surface area (Å²) < 4.78 is 0. The molecule has 1 amide bonds. The fourth-order valence-electron chi connectivity index (χ4n) is 4.93. The van der Waals surface area contributed by atoms with Gasteiger partial charge in [-0.15, -0.1) is 10.2 Å². The second kappa shape index (κ2) is 9.62. The van der Waals surface area contributed by atoms with Gasteiger partial charge >= 0.3 is 0 Å². The van der Waals surface area contributed by atoms with E-state index in [4.69, 9.17) is 5.73 Å². The van der Waals surface area contributed by atoms with Gasteiger partial charge in [0.05, 0.1) is 17.6 Å². The molecule has 0 atom stereocenters. The predicted octanol–water partition coefficient (Wildman–Crippen LogP) is 5.34. The first kappa shape index (κ1) is 23.1. The second-order valence-corrected chi connectivity index (χ2v) is 10.1. The maximum absolute atomic E-state index is 13.4. The van der Waals surface area contributed by atoms with Crippen LogP contribution in [0.1, 0.15) is 34.5 Å². The Hall–Kier alpha value is -4.31. The van der Waals surface area contributed by atoms with Gasteiger partial charge in [0.25, 0.3) is 5.91 Å². The standard InChI is InChI=1S/C27H25N7O2S/c28-19(16-35)12-17-4-3-5-24-21(17)8-11-34(24)26(36)23-14-18-13-20(6-7-22(18)30-23)31-32-25-15-29-27(37-25)33-9-1-2-10-33/h3-7,12-16,30H,1-2,8-11,28H2/b19-12-,32-31?. The first-order chi connectivity index (χ1) is 18.1. The molecule has 2 aliphatic rings. The van der Waals surface area contributed by atoms with Crippen LogP contribution in [0.2, 0.25) is 0 Å². The molecular formula is C27H25N7O2S. The minimum Gasteiger partial charge on any atom is -0.396 e. The van der Waals surface area contributed by atoms with E-state index in [9.17, 15) is 9.59 Å². The molecule has 0 radical (unpaired) electrons. The SMILES string of the molecule is N/C(C=O)=C\c1cccc2c1CCN2C(=O)c1cc2cc(N=Nc3cnc(N4CCCC4)s3)ccc2[nH]1. The summed E-state index contributed by atoms with van der Waals surface area (Å²) in [5, 5.41) is 11.4. The first-order valence-electron chi connectivity index (χ1n) is 12.2. The number of hydrogen-bond donors (Lipinski definition) is 2. The molecule has 3 N–H and O–H groups in total. The van der Waals surface area contributed by atoms with Crippen LogP contribution >= 0.6 is 11.3 Å². The van der Waals surface area contributed by atoms with Crippen molar-refractivity contribution in [2.75, 3.05) is 29.4 Å². The molecule has 0 aliphatic carbocycles. The molecule has 4 aromatic rings. The number of allylic oxidation sites excluding steroid dienone is 1. The number of rotatable bonds is 6. The first-order valence-corrected chi connectivity index (χ1v) is 13.0. The van der Waals surface area contributed by atoms with Crippen LogP contribution in [-0.2, 0) is 11.2 Å². The number of azo groups is 1. The fourth-order valence-corrected chi connectivity index (χ4v) is 5.72. The van der Waals surface area contributed by atoms with E-state index in [0.717, 1.165) is 50.9 Å². The lowest BCUT2D eigenvalue weighted by Gasteiger charge is -2.16. The Morgan fingerprint density at radius 2 is 1.97 bits per heavy atom. The molecule has 0 saturated carbocycles. The third kappa shape index (κ3) is 4.51. The van der Waals surface area contributed by atoms with Crippen LogP contribution in [0.4, 0.5) is 21.5 Å². The number of thiazole rings is 1. The molecule has 2 aliphatic heterocycles. The van der Waals surface area contributed by atoms with E-state index < -0.39 is 0 Å². The van der Waals surface area contributed by atoms with Crippen LogP contribution in [-0.4, -0.2) is 41.8 Å². The molecule has 0 unspecified atom stereocenters. The highest BCUT2D eigenvalue weighted by Gasteiger charge is 2.28. The highest BCUT2D eigenvalue weighted by molar-refractivity contribution is 7.19. The van der Waals surface area contributed by atoms with Crippen molar-refractivity contribution in [3.63, 3.8) is 0 Å². The van der Waals surface area contributed by atoms with Crippen molar-refractivity contribution in [2.24, 2.45) is 16.0 Å². The number of H-pyrrole nitrogens is 1. The average Bonchev–Trinajstić information content (AvgIpc) is 3.72. The molecule has 9 nitrogen and oxygen atoms in total. The zero-order chi connectivity index (χ0) is 25.4. The number of hydrogen-bond acceptors (Lipinski definition) is 8. The third-order valence-electron chi connectivity index (χ3n) is 6.72. The van der Waals surface area contributed by atoms with Crippen LogP contribution in [0, 0.1) is 0 Å². The van der Waals surface area contributed by atoms with Crippen molar-refractivity contribution in [1.82, 2.24) is 9.97 Å². The Morgan fingerprint density at radius 3 is 2.81 bits per heavy atom. The lowest BCUT2D eigenvalue weighted by Crippen LogP contribution is -2.29. The third-order valence-corrected chi connectivity index (χ3v) is 7.67. The van der Waals surface area contributed by atoms with Crippen LogP contribution in [0.15, 0.2) is 64.6 Å². The number of fused-ring (bicyclic) bond motifs is 2. The number of carbonyl (C=O) groups is 2. The Morgan fingerprint density at radius 1 is 1.11 bits per heavy atom. The van der Waals surface area contributed by atoms with Gasteiger partial charge < -0.3 is 20.5 Å². The summed E-state index contributed by atoms with van der Waals surface area (Å²) in [6.07, 6.45) is 7.14. The summed E-state index contributed by atoms with van der Waals surface area (Å²) in [6, 6.07) is 13.2. The molecule has 6 rings (SSSR count). The number of aromatic nitrogens is 2. The molecule has 0 spiro atoms. The van der Waals surface area contributed by atoms with Crippen molar-refractivity contribution in [3.8, 4) is 0 Å². The largest absolute Gasteiger partial charge is 0.396 e. The van der Waals surface area contributed by atoms with Gasteiger partial charge in [-0.2, -0.15) is 0 Å². The monoisotopic (exact) mass is 511 g/mol. The maximum Gasteiger partial charge on any atom is 0.274 e. The number of anilines is 2. The van der Waals surface area contributed by atoms with Crippen molar-refractivity contribution in [3.05, 3.63) is 71.2 Å². The van der Waals surface area contributed by atoms with E-state index in [1.165, 1.54) is 12.8 Å². The number of aromatic amines is 1. The second-order valence-electron chi connectivity index (χ2n) is 9.14. The molecule has 186 valence electrons. The summed E-state index contributed by atoms with van der Waals surface area (Å²) in [6.45, 7) is 2.65. The maximum atomic E-state index is 13.4. The minimum absolute atomic E-state index is 0.110. The van der Waals surface area contributed by atoms with E-state index in [-0.39, 0.29) is 11.6 Å². The highest BCUT2D eigenvalue weighted by Crippen LogP contribution is 2.34. The summed E-state index contributed by atoms with van der Waals surface area (Å²) in [5.41, 5.74) is 10.6. The molecule has 0 bridgehead atoms. The predicted molar refractivity (Wildman–Crippen MR) is 146 cm³/mol. The normalized spacial score (nSPS) is 15.7. The van der Waals surface area contributed by atoms with E-state index in [1.807, 2.05) is 42.5 Å².